The van der Waals surface area contributed by atoms with Gasteiger partial charge in [0.1, 0.15) is 0 Å². The molecule has 308 valence electrons. The molecule has 0 spiro atoms. The minimum atomic E-state index is 0.569. The smallest absolute Gasteiger partial charge is 0.164 e. The van der Waals surface area contributed by atoms with E-state index in [0.717, 1.165) is 77.5 Å². The SMILES string of the molecule is N#Cc1ccc(-c2cc(-c3cccc(-c4nc(-c5ccccc5)nc(-c5ccccc5)n4)c3)c(-c3cccc(-c4nc(-c5ccccc5)nc(-c5ccccc5)n4)c3)c3ccccc23)cc1. The van der Waals surface area contributed by atoms with Crippen molar-refractivity contribution in [1.82, 2.24) is 29.9 Å². The van der Waals surface area contributed by atoms with E-state index in [0.29, 0.717) is 40.5 Å². The van der Waals surface area contributed by atoms with Crippen LogP contribution in [-0.2, 0) is 0 Å². The highest BCUT2D eigenvalue weighted by Crippen LogP contribution is 2.44. The summed E-state index contributed by atoms with van der Waals surface area (Å²) in [5.41, 5.74) is 12.0. The number of fused-ring (bicyclic) bond motifs is 1. The molecular formula is C59H37N7. The van der Waals surface area contributed by atoms with Gasteiger partial charge in [-0.2, -0.15) is 5.26 Å². The van der Waals surface area contributed by atoms with Gasteiger partial charge >= 0.3 is 0 Å². The van der Waals surface area contributed by atoms with E-state index in [1.54, 1.807) is 0 Å². The van der Waals surface area contributed by atoms with Crippen LogP contribution >= 0.6 is 0 Å². The van der Waals surface area contributed by atoms with Gasteiger partial charge in [-0.3, -0.25) is 0 Å². The molecule has 0 aliphatic carbocycles. The second-order valence-electron chi connectivity index (χ2n) is 15.8. The summed E-state index contributed by atoms with van der Waals surface area (Å²) in [6, 6.07) is 77.9. The molecule has 0 amide bonds. The van der Waals surface area contributed by atoms with Crippen molar-refractivity contribution < 1.29 is 0 Å². The molecule has 9 aromatic carbocycles. The summed E-state index contributed by atoms with van der Waals surface area (Å²) in [7, 11) is 0. The normalized spacial score (nSPS) is 11.0. The van der Waals surface area contributed by atoms with Crippen molar-refractivity contribution in [2.75, 3.05) is 0 Å². The average Bonchev–Trinajstić information content (AvgIpc) is 3.41. The second-order valence-corrected chi connectivity index (χ2v) is 15.8. The Hall–Kier alpha value is -9.25. The summed E-state index contributed by atoms with van der Waals surface area (Å²) in [5.74, 6) is 3.54. The maximum atomic E-state index is 9.68. The van der Waals surface area contributed by atoms with Gasteiger partial charge < -0.3 is 0 Å². The van der Waals surface area contributed by atoms with Gasteiger partial charge in [0.25, 0.3) is 0 Å². The predicted molar refractivity (Wildman–Crippen MR) is 264 cm³/mol. The third kappa shape index (κ3) is 7.87. The Labute approximate surface area is 382 Å². The Morgan fingerprint density at radius 1 is 0.258 bits per heavy atom. The number of hydrogen-bond acceptors (Lipinski definition) is 7. The Bertz CT molecular complexity index is 3460. The van der Waals surface area contributed by atoms with Crippen molar-refractivity contribution in [2.24, 2.45) is 0 Å². The van der Waals surface area contributed by atoms with E-state index in [1.807, 2.05) is 146 Å². The largest absolute Gasteiger partial charge is 0.208 e. The van der Waals surface area contributed by atoms with Gasteiger partial charge in [0.05, 0.1) is 11.6 Å². The molecule has 7 nitrogen and oxygen atoms in total. The predicted octanol–water partition coefficient (Wildman–Crippen LogP) is 14.1. The second kappa shape index (κ2) is 17.5. The summed E-state index contributed by atoms with van der Waals surface area (Å²) in [4.78, 5) is 30.2. The molecule has 0 fully saturated rings. The van der Waals surface area contributed by atoms with Crippen LogP contribution < -0.4 is 0 Å². The van der Waals surface area contributed by atoms with Crippen LogP contribution in [-0.4, -0.2) is 29.9 Å². The number of nitrogens with zero attached hydrogens (tertiary/aromatic N) is 7. The highest BCUT2D eigenvalue weighted by Gasteiger charge is 2.20. The molecule has 0 bridgehead atoms. The van der Waals surface area contributed by atoms with E-state index in [2.05, 4.69) is 84.9 Å². The third-order valence-corrected chi connectivity index (χ3v) is 11.6. The van der Waals surface area contributed by atoms with Crippen molar-refractivity contribution in [1.29, 1.82) is 5.26 Å². The fourth-order valence-electron chi connectivity index (χ4n) is 8.39. The third-order valence-electron chi connectivity index (χ3n) is 11.6. The molecule has 2 aromatic heterocycles. The minimum Gasteiger partial charge on any atom is -0.208 e. The molecule has 0 saturated heterocycles. The van der Waals surface area contributed by atoms with Crippen LogP contribution in [0.25, 0.3) is 112 Å². The molecule has 11 aromatic rings. The van der Waals surface area contributed by atoms with Crippen LogP contribution in [0.3, 0.4) is 0 Å². The lowest BCUT2D eigenvalue weighted by Gasteiger charge is -2.19. The number of benzene rings is 9. The van der Waals surface area contributed by atoms with Gasteiger partial charge in [0.2, 0.25) is 0 Å². The van der Waals surface area contributed by atoms with Crippen LogP contribution in [0.4, 0.5) is 0 Å². The summed E-state index contributed by atoms with van der Waals surface area (Å²) >= 11 is 0. The number of hydrogen-bond donors (Lipinski definition) is 0. The Kier molecular flexibility index (Phi) is 10.5. The first-order chi connectivity index (χ1) is 32.6. The first-order valence-electron chi connectivity index (χ1n) is 21.7. The molecule has 0 radical (unpaired) electrons. The van der Waals surface area contributed by atoms with Gasteiger partial charge in [-0.25, -0.2) is 29.9 Å². The number of nitriles is 1. The first kappa shape index (κ1) is 39.6. The minimum absolute atomic E-state index is 0.569. The van der Waals surface area contributed by atoms with E-state index >= 15 is 0 Å². The standard InChI is InChI=1S/C59H37N7/c60-38-39-31-33-40(34-32-39)51-37-52(45-25-15-27-47(35-45)58-63-54(41-17-5-1-6-18-41)61-55(64-58)42-19-7-2-8-20-42)53(50-30-14-13-29-49(50)51)46-26-16-28-48(36-46)59-65-56(43-21-9-3-10-22-43)62-57(66-59)44-23-11-4-12-24-44/h1-37H. The van der Waals surface area contributed by atoms with E-state index in [4.69, 9.17) is 29.9 Å². The van der Waals surface area contributed by atoms with Crippen molar-refractivity contribution in [2.45, 2.75) is 0 Å². The zero-order valence-corrected chi connectivity index (χ0v) is 35.5. The van der Waals surface area contributed by atoms with Gasteiger partial charge in [0, 0.05) is 33.4 Å². The van der Waals surface area contributed by atoms with Crippen molar-refractivity contribution in [3.05, 3.63) is 230 Å². The quantitative estimate of drug-likeness (QED) is 0.143. The maximum Gasteiger partial charge on any atom is 0.164 e. The lowest BCUT2D eigenvalue weighted by atomic mass is 9.85. The van der Waals surface area contributed by atoms with Crippen LogP contribution in [0.5, 0.6) is 0 Å². The molecule has 0 saturated carbocycles. The van der Waals surface area contributed by atoms with E-state index in [-0.39, 0.29) is 0 Å². The topological polar surface area (TPSA) is 101 Å². The van der Waals surface area contributed by atoms with Crippen molar-refractivity contribution in [3.63, 3.8) is 0 Å². The van der Waals surface area contributed by atoms with Crippen LogP contribution in [0.2, 0.25) is 0 Å². The van der Waals surface area contributed by atoms with Gasteiger partial charge in [-0.1, -0.05) is 194 Å². The fourth-order valence-corrected chi connectivity index (χ4v) is 8.39. The van der Waals surface area contributed by atoms with E-state index in [1.165, 1.54) is 0 Å². The zero-order valence-electron chi connectivity index (χ0n) is 35.5. The Morgan fingerprint density at radius 2 is 0.606 bits per heavy atom. The summed E-state index contributed by atoms with van der Waals surface area (Å²) < 4.78 is 0. The maximum absolute atomic E-state index is 9.68. The van der Waals surface area contributed by atoms with Crippen LogP contribution in [0.15, 0.2) is 224 Å². The first-order valence-corrected chi connectivity index (χ1v) is 21.7. The molecule has 0 N–H and O–H groups in total. The van der Waals surface area contributed by atoms with Crippen molar-refractivity contribution in [3.8, 4) is 108 Å². The Morgan fingerprint density at radius 3 is 1.05 bits per heavy atom. The van der Waals surface area contributed by atoms with Crippen LogP contribution in [0.1, 0.15) is 5.56 Å². The van der Waals surface area contributed by atoms with Crippen LogP contribution in [0, 0.1) is 11.3 Å². The molecule has 0 atom stereocenters. The molecule has 66 heavy (non-hydrogen) atoms. The highest BCUT2D eigenvalue weighted by atomic mass is 15.0. The Balaban J connectivity index is 1.12. The van der Waals surface area contributed by atoms with Gasteiger partial charge in [0.15, 0.2) is 34.9 Å². The number of aromatic nitrogens is 6. The molecule has 11 rings (SSSR count). The van der Waals surface area contributed by atoms with E-state index < -0.39 is 0 Å². The lowest BCUT2D eigenvalue weighted by molar-refractivity contribution is 1.07. The number of rotatable bonds is 9. The molecule has 0 unspecified atom stereocenters. The molecule has 2 heterocycles. The average molecular weight is 844 g/mol. The van der Waals surface area contributed by atoms with Gasteiger partial charge in [-0.15, -0.1) is 0 Å². The van der Waals surface area contributed by atoms with Crippen molar-refractivity contribution >= 4 is 10.8 Å². The molecule has 0 aliphatic rings. The molecular weight excluding hydrogens is 807 g/mol. The summed E-state index contributed by atoms with van der Waals surface area (Å²) in [6.45, 7) is 0. The molecule has 7 heteroatoms. The van der Waals surface area contributed by atoms with E-state index in [9.17, 15) is 5.26 Å². The van der Waals surface area contributed by atoms with Gasteiger partial charge in [-0.05, 0) is 74.5 Å². The zero-order chi connectivity index (χ0) is 44.2. The molecule has 0 aliphatic heterocycles. The summed E-state index contributed by atoms with van der Waals surface area (Å²) in [5, 5.41) is 11.8. The fraction of sp³-hybridized carbons (Fsp3) is 0. The summed E-state index contributed by atoms with van der Waals surface area (Å²) in [6.07, 6.45) is 0. The monoisotopic (exact) mass is 843 g/mol. The highest BCUT2D eigenvalue weighted by molar-refractivity contribution is 6.11. The lowest BCUT2D eigenvalue weighted by Crippen LogP contribution is -2.00.